The molecule has 0 bridgehead atoms. The Kier molecular flexibility index (Phi) is 11.8. The van der Waals surface area contributed by atoms with Crippen LogP contribution < -0.4 is 5.90 Å². The third kappa shape index (κ3) is 8.64. The lowest BCUT2D eigenvalue weighted by Crippen LogP contribution is -1.91. The standard InChI is InChI=1S/C3H10NO3P.Al.3H/c1-2-3-6-8(5)7-4;;;;/h8H,2-4H2,1H3;;;;. The van der Waals surface area contributed by atoms with Crippen LogP contribution >= 0.6 is 8.25 Å². The minimum absolute atomic E-state index is 0. The highest BCUT2D eigenvalue weighted by molar-refractivity contribution is 7.33. The van der Waals surface area contributed by atoms with E-state index in [0.717, 1.165) is 6.42 Å². The molecule has 6 heteroatoms. The smallest absolute Gasteiger partial charge is 0.310 e. The van der Waals surface area contributed by atoms with Crippen LogP contribution in [0.4, 0.5) is 0 Å². The zero-order chi connectivity index (χ0) is 6.41. The molecule has 1 atom stereocenters. The summed E-state index contributed by atoms with van der Waals surface area (Å²) >= 11 is 0. The van der Waals surface area contributed by atoms with Gasteiger partial charge in [0.05, 0.1) is 6.61 Å². The van der Waals surface area contributed by atoms with Crippen molar-refractivity contribution in [2.24, 2.45) is 5.90 Å². The van der Waals surface area contributed by atoms with E-state index in [1.54, 1.807) is 0 Å². The molecule has 0 rings (SSSR count). The SMILES string of the molecule is CCCO[PH](=O)ON.[AlH3]. The molecule has 0 aromatic rings. The zero-order valence-corrected chi connectivity index (χ0v) is 5.72. The molecule has 1 unspecified atom stereocenters. The molecule has 9 heavy (non-hydrogen) atoms. The van der Waals surface area contributed by atoms with E-state index in [4.69, 9.17) is 0 Å². The van der Waals surface area contributed by atoms with Gasteiger partial charge in [0.15, 0.2) is 17.4 Å². The second kappa shape index (κ2) is 8.64. The van der Waals surface area contributed by atoms with Crippen LogP contribution in [0.5, 0.6) is 0 Å². The van der Waals surface area contributed by atoms with Crippen molar-refractivity contribution < 1.29 is 13.7 Å². The van der Waals surface area contributed by atoms with Crippen LogP contribution in [0, 0.1) is 0 Å². The molecule has 0 radical (unpaired) electrons. The normalized spacial score (nSPS) is 12.2. The van der Waals surface area contributed by atoms with Crippen molar-refractivity contribution in [1.82, 2.24) is 0 Å². The van der Waals surface area contributed by atoms with Crippen molar-refractivity contribution in [2.75, 3.05) is 6.61 Å². The number of hydrogen-bond acceptors (Lipinski definition) is 4. The summed E-state index contributed by atoms with van der Waals surface area (Å²) in [5.41, 5.74) is 0. The van der Waals surface area contributed by atoms with Crippen LogP contribution in [0.15, 0.2) is 0 Å². The van der Waals surface area contributed by atoms with E-state index in [9.17, 15) is 4.57 Å². The molecule has 2 N–H and O–H groups in total. The van der Waals surface area contributed by atoms with Gasteiger partial charge < -0.3 is 4.52 Å². The maximum atomic E-state index is 10.2. The van der Waals surface area contributed by atoms with Crippen molar-refractivity contribution in [3.05, 3.63) is 0 Å². The third-order valence-electron chi connectivity index (χ3n) is 0.520. The number of nitrogens with two attached hydrogens (primary N) is 1. The maximum Gasteiger partial charge on any atom is 0.335 e. The zero-order valence-electron chi connectivity index (χ0n) is 4.72. The Morgan fingerprint density at radius 3 is 2.56 bits per heavy atom. The third-order valence-corrected chi connectivity index (χ3v) is 1.15. The molecule has 0 spiro atoms. The molecule has 0 fully saturated rings. The van der Waals surface area contributed by atoms with Gasteiger partial charge >= 0.3 is 8.25 Å². The van der Waals surface area contributed by atoms with Gasteiger partial charge in [-0.15, -0.1) is 0 Å². The van der Waals surface area contributed by atoms with E-state index in [1.807, 2.05) is 6.92 Å². The largest absolute Gasteiger partial charge is 0.335 e. The van der Waals surface area contributed by atoms with E-state index in [1.165, 1.54) is 0 Å². The van der Waals surface area contributed by atoms with Gasteiger partial charge in [-0.3, -0.25) is 4.57 Å². The molecule has 0 amide bonds. The Morgan fingerprint density at radius 2 is 2.22 bits per heavy atom. The average molecular weight is 169 g/mol. The highest BCUT2D eigenvalue weighted by Gasteiger charge is 1.91. The topological polar surface area (TPSA) is 61.5 Å². The molecular formula is C3H13AlNO3P. The first-order valence-corrected chi connectivity index (χ1v) is 3.57. The minimum Gasteiger partial charge on any atom is -0.310 e. The van der Waals surface area contributed by atoms with Crippen molar-refractivity contribution in [3.8, 4) is 0 Å². The van der Waals surface area contributed by atoms with Gasteiger partial charge in [0.25, 0.3) is 0 Å². The molecule has 0 aromatic carbocycles. The molecule has 0 heterocycles. The molecule has 0 aliphatic heterocycles. The summed E-state index contributed by atoms with van der Waals surface area (Å²) in [6.45, 7) is 2.35. The van der Waals surface area contributed by atoms with Gasteiger partial charge in [-0.1, -0.05) is 6.92 Å². The average Bonchev–Trinajstić information content (AvgIpc) is 1.83. The molecule has 4 nitrogen and oxygen atoms in total. The van der Waals surface area contributed by atoms with Gasteiger partial charge in [0.1, 0.15) is 0 Å². The highest BCUT2D eigenvalue weighted by Crippen LogP contribution is 2.19. The van der Waals surface area contributed by atoms with Gasteiger partial charge in [-0.2, -0.15) is 0 Å². The number of hydrogen-bond donors (Lipinski definition) is 1. The molecular weight excluding hydrogens is 156 g/mol. The summed E-state index contributed by atoms with van der Waals surface area (Å²) in [4.78, 5) is 0. The first-order valence-electron chi connectivity index (χ1n) is 2.34. The first-order chi connectivity index (χ1) is 3.81. The predicted molar refractivity (Wildman–Crippen MR) is 40.5 cm³/mol. The molecule has 0 aliphatic rings. The minimum atomic E-state index is -2.36. The quantitative estimate of drug-likeness (QED) is 0.350. The van der Waals surface area contributed by atoms with Crippen LogP contribution in [0.3, 0.4) is 0 Å². The van der Waals surface area contributed by atoms with Crippen molar-refractivity contribution >= 4 is 25.6 Å². The molecule has 0 saturated carbocycles. The lowest BCUT2D eigenvalue weighted by molar-refractivity contribution is 0.230. The summed E-state index contributed by atoms with van der Waals surface area (Å²) in [5, 5.41) is 0. The Morgan fingerprint density at radius 1 is 1.67 bits per heavy atom. The fourth-order valence-corrected chi connectivity index (χ4v) is 0.658. The Hall–Kier alpha value is 0.642. The summed E-state index contributed by atoms with van der Waals surface area (Å²) < 4.78 is 18.6. The van der Waals surface area contributed by atoms with E-state index in [2.05, 4.69) is 15.0 Å². The monoisotopic (exact) mass is 169 g/mol. The summed E-state index contributed by atoms with van der Waals surface area (Å²) in [7, 11) is -2.36. The summed E-state index contributed by atoms with van der Waals surface area (Å²) in [6, 6.07) is 0. The molecule has 56 valence electrons. The van der Waals surface area contributed by atoms with E-state index in [0.29, 0.717) is 6.61 Å². The van der Waals surface area contributed by atoms with Crippen LogP contribution in [0.25, 0.3) is 0 Å². The second-order valence-corrected chi connectivity index (χ2v) is 2.24. The van der Waals surface area contributed by atoms with Gasteiger partial charge in [-0.25, -0.2) is 10.5 Å². The Bertz CT molecular complexity index is 81.5. The molecule has 0 aromatic heterocycles. The van der Waals surface area contributed by atoms with Crippen molar-refractivity contribution in [1.29, 1.82) is 0 Å². The fourth-order valence-electron chi connectivity index (χ4n) is 0.219. The number of rotatable bonds is 4. The van der Waals surface area contributed by atoms with E-state index >= 15 is 0 Å². The maximum absolute atomic E-state index is 10.2. The van der Waals surface area contributed by atoms with Crippen LogP contribution in [0.2, 0.25) is 0 Å². The fraction of sp³-hybridized carbons (Fsp3) is 1.00. The van der Waals surface area contributed by atoms with Gasteiger partial charge in [-0.05, 0) is 6.42 Å². The molecule has 0 saturated heterocycles. The van der Waals surface area contributed by atoms with Crippen molar-refractivity contribution in [2.45, 2.75) is 13.3 Å². The Labute approximate surface area is 65.7 Å². The van der Waals surface area contributed by atoms with E-state index < -0.39 is 8.25 Å². The van der Waals surface area contributed by atoms with Crippen molar-refractivity contribution in [3.63, 3.8) is 0 Å². The van der Waals surface area contributed by atoms with Crippen LogP contribution in [-0.4, -0.2) is 24.0 Å². The first kappa shape index (κ1) is 12.3. The second-order valence-electron chi connectivity index (χ2n) is 1.22. The lowest BCUT2D eigenvalue weighted by Gasteiger charge is -1.96. The van der Waals surface area contributed by atoms with Gasteiger partial charge in [0, 0.05) is 0 Å². The highest BCUT2D eigenvalue weighted by atomic mass is 31.1. The van der Waals surface area contributed by atoms with Crippen LogP contribution in [0.1, 0.15) is 13.3 Å². The lowest BCUT2D eigenvalue weighted by atomic mass is 10.5. The molecule has 0 aliphatic carbocycles. The van der Waals surface area contributed by atoms with E-state index in [-0.39, 0.29) is 17.4 Å². The summed E-state index contributed by atoms with van der Waals surface area (Å²) in [6.07, 6.45) is 0.819. The predicted octanol–water partition coefficient (Wildman–Crippen LogP) is -0.491. The van der Waals surface area contributed by atoms with Gasteiger partial charge in [0.2, 0.25) is 0 Å². The Balaban J connectivity index is 0. The van der Waals surface area contributed by atoms with Crippen LogP contribution in [-0.2, 0) is 13.7 Å². The summed E-state index contributed by atoms with van der Waals surface area (Å²) in [5.74, 6) is 4.52.